The Balaban J connectivity index is 1.70. The molecule has 1 saturated heterocycles. The van der Waals surface area contributed by atoms with Gasteiger partial charge in [-0.15, -0.1) is 0 Å². The highest BCUT2D eigenvalue weighted by Crippen LogP contribution is 2.22. The average molecular weight is 289 g/mol. The number of nitrogens with one attached hydrogen (secondary N) is 2. The molecule has 0 saturated carbocycles. The molecule has 2 heterocycles. The van der Waals surface area contributed by atoms with Crippen LogP contribution in [0.5, 0.6) is 0 Å². The molecular weight excluding hydrogens is 262 g/mol. The van der Waals surface area contributed by atoms with E-state index in [1.165, 1.54) is 20.9 Å². The van der Waals surface area contributed by atoms with E-state index in [1.54, 1.807) is 0 Å². The Hall–Kier alpha value is -1.39. The number of quaternary nitrogens is 2. The van der Waals surface area contributed by atoms with Gasteiger partial charge in [0.05, 0.1) is 53.2 Å². The zero-order chi connectivity index (χ0) is 14.8. The number of benzene rings is 1. The third-order valence-corrected chi connectivity index (χ3v) is 5.16. The first-order valence-electron chi connectivity index (χ1n) is 8.14. The molecule has 114 valence electrons. The molecule has 0 aliphatic carbocycles. The molecule has 4 heteroatoms. The Labute approximate surface area is 127 Å². The van der Waals surface area contributed by atoms with Gasteiger partial charge in [-0.2, -0.15) is 0 Å². The standard InChI is InChI=1S/C17H25N3O/c1-18-9-11-20(12-10-18)17(21)13-16-15-6-4-3-5-14(15)7-8-19(16)2/h3-6,16H,7-13H2,1-2H3/p+2/t16-/m0/s1. The van der Waals surface area contributed by atoms with E-state index in [2.05, 4.69) is 43.3 Å². The van der Waals surface area contributed by atoms with Gasteiger partial charge in [0.15, 0.2) is 0 Å². The molecule has 0 bridgehead atoms. The molecule has 4 nitrogen and oxygen atoms in total. The molecule has 2 aliphatic rings. The van der Waals surface area contributed by atoms with Crippen LogP contribution in [0.1, 0.15) is 23.6 Å². The van der Waals surface area contributed by atoms with Gasteiger partial charge in [-0.05, 0) is 5.56 Å². The summed E-state index contributed by atoms with van der Waals surface area (Å²) in [6.45, 7) is 5.11. The van der Waals surface area contributed by atoms with E-state index >= 15 is 0 Å². The number of carbonyl (C=O) groups is 1. The van der Waals surface area contributed by atoms with Crippen LogP contribution in [0.4, 0.5) is 0 Å². The quantitative estimate of drug-likeness (QED) is 0.685. The van der Waals surface area contributed by atoms with Gasteiger partial charge in [0.25, 0.3) is 0 Å². The topological polar surface area (TPSA) is 29.2 Å². The Morgan fingerprint density at radius 1 is 1.19 bits per heavy atom. The molecule has 21 heavy (non-hydrogen) atoms. The molecular formula is C17H27N3O+2. The van der Waals surface area contributed by atoms with Crippen molar-refractivity contribution in [2.45, 2.75) is 18.9 Å². The fourth-order valence-corrected chi connectivity index (χ4v) is 3.60. The van der Waals surface area contributed by atoms with Crippen molar-refractivity contribution >= 4 is 5.91 Å². The monoisotopic (exact) mass is 289 g/mol. The van der Waals surface area contributed by atoms with E-state index in [0.717, 1.165) is 39.1 Å². The number of nitrogens with zero attached hydrogens (tertiary/aromatic N) is 1. The molecule has 1 aromatic rings. The van der Waals surface area contributed by atoms with Gasteiger partial charge >= 0.3 is 0 Å². The van der Waals surface area contributed by atoms with E-state index in [0.29, 0.717) is 18.4 Å². The second-order valence-corrected chi connectivity index (χ2v) is 6.64. The lowest BCUT2D eigenvalue weighted by atomic mass is 9.91. The number of hydrogen-bond donors (Lipinski definition) is 2. The van der Waals surface area contributed by atoms with Crippen molar-refractivity contribution in [1.29, 1.82) is 0 Å². The number of amides is 1. The Bertz CT molecular complexity index is 509. The van der Waals surface area contributed by atoms with Crippen molar-refractivity contribution in [3.8, 4) is 0 Å². The summed E-state index contributed by atoms with van der Waals surface area (Å²) in [6, 6.07) is 8.98. The zero-order valence-corrected chi connectivity index (χ0v) is 13.2. The van der Waals surface area contributed by atoms with Crippen LogP contribution < -0.4 is 9.80 Å². The number of hydrogen-bond acceptors (Lipinski definition) is 1. The summed E-state index contributed by atoms with van der Waals surface area (Å²) < 4.78 is 0. The van der Waals surface area contributed by atoms with Crippen LogP contribution in [0.2, 0.25) is 0 Å². The summed E-state index contributed by atoms with van der Waals surface area (Å²) in [5.74, 6) is 0.337. The van der Waals surface area contributed by atoms with E-state index in [4.69, 9.17) is 0 Å². The maximum atomic E-state index is 12.6. The van der Waals surface area contributed by atoms with Gasteiger partial charge in [0.2, 0.25) is 5.91 Å². The van der Waals surface area contributed by atoms with Crippen molar-refractivity contribution in [2.24, 2.45) is 0 Å². The van der Waals surface area contributed by atoms with Crippen molar-refractivity contribution in [1.82, 2.24) is 4.90 Å². The van der Waals surface area contributed by atoms with Crippen LogP contribution >= 0.6 is 0 Å². The number of likely N-dealkylation sites (N-methyl/N-ethyl adjacent to an activating group) is 2. The van der Waals surface area contributed by atoms with E-state index in [1.807, 2.05) is 0 Å². The summed E-state index contributed by atoms with van der Waals surface area (Å²) in [7, 11) is 4.43. The fourth-order valence-electron chi connectivity index (χ4n) is 3.60. The highest BCUT2D eigenvalue weighted by atomic mass is 16.2. The van der Waals surface area contributed by atoms with Gasteiger partial charge in [0, 0.05) is 12.0 Å². The Morgan fingerprint density at radius 2 is 1.90 bits per heavy atom. The summed E-state index contributed by atoms with van der Waals surface area (Å²) >= 11 is 0. The van der Waals surface area contributed by atoms with Crippen molar-refractivity contribution in [3.63, 3.8) is 0 Å². The second-order valence-electron chi connectivity index (χ2n) is 6.64. The van der Waals surface area contributed by atoms with Crippen molar-refractivity contribution in [2.75, 3.05) is 46.8 Å². The van der Waals surface area contributed by atoms with Crippen LogP contribution in [0.25, 0.3) is 0 Å². The van der Waals surface area contributed by atoms with Gasteiger partial charge in [-0.3, -0.25) is 4.79 Å². The first-order valence-corrected chi connectivity index (χ1v) is 8.14. The van der Waals surface area contributed by atoms with Gasteiger partial charge in [-0.1, -0.05) is 24.3 Å². The van der Waals surface area contributed by atoms with Crippen LogP contribution in [0.3, 0.4) is 0 Å². The van der Waals surface area contributed by atoms with E-state index in [9.17, 15) is 4.79 Å². The molecule has 0 radical (unpaired) electrons. The first kappa shape index (κ1) is 14.5. The Morgan fingerprint density at radius 3 is 2.67 bits per heavy atom. The largest absolute Gasteiger partial charge is 0.334 e. The Kier molecular flexibility index (Phi) is 4.27. The molecule has 3 rings (SSSR count). The summed E-state index contributed by atoms with van der Waals surface area (Å²) in [5.41, 5.74) is 2.82. The average Bonchev–Trinajstić information content (AvgIpc) is 2.51. The minimum absolute atomic E-state index is 0.328. The number of fused-ring (bicyclic) bond motifs is 1. The van der Waals surface area contributed by atoms with Crippen molar-refractivity contribution < 1.29 is 14.6 Å². The predicted molar refractivity (Wildman–Crippen MR) is 82.5 cm³/mol. The van der Waals surface area contributed by atoms with Crippen LogP contribution in [-0.2, 0) is 11.2 Å². The number of rotatable bonds is 2. The first-order chi connectivity index (χ1) is 10.1. The maximum absolute atomic E-state index is 12.6. The van der Waals surface area contributed by atoms with E-state index in [-0.39, 0.29) is 0 Å². The normalized spacial score (nSPS) is 26.5. The molecule has 1 aromatic carbocycles. The summed E-state index contributed by atoms with van der Waals surface area (Å²) in [5, 5.41) is 0. The smallest absolute Gasteiger partial charge is 0.229 e. The molecule has 2 aliphatic heterocycles. The maximum Gasteiger partial charge on any atom is 0.229 e. The highest BCUT2D eigenvalue weighted by Gasteiger charge is 2.32. The van der Waals surface area contributed by atoms with Crippen LogP contribution in [0.15, 0.2) is 24.3 Å². The highest BCUT2D eigenvalue weighted by molar-refractivity contribution is 5.77. The minimum atomic E-state index is 0.328. The third kappa shape index (κ3) is 3.11. The molecule has 0 spiro atoms. The van der Waals surface area contributed by atoms with Crippen LogP contribution in [0, 0.1) is 0 Å². The van der Waals surface area contributed by atoms with Crippen molar-refractivity contribution in [3.05, 3.63) is 35.4 Å². The molecule has 2 N–H and O–H groups in total. The van der Waals surface area contributed by atoms with Crippen LogP contribution in [-0.4, -0.2) is 57.6 Å². The fraction of sp³-hybridized carbons (Fsp3) is 0.588. The third-order valence-electron chi connectivity index (χ3n) is 5.16. The van der Waals surface area contributed by atoms with Gasteiger partial charge in [-0.25, -0.2) is 0 Å². The molecule has 1 amide bonds. The lowest BCUT2D eigenvalue weighted by Crippen LogP contribution is -3.12. The minimum Gasteiger partial charge on any atom is -0.334 e. The predicted octanol–water partition coefficient (Wildman–Crippen LogP) is -1.45. The summed E-state index contributed by atoms with van der Waals surface area (Å²) in [6.07, 6.45) is 1.78. The molecule has 1 unspecified atom stereocenters. The van der Waals surface area contributed by atoms with E-state index < -0.39 is 0 Å². The number of carbonyl (C=O) groups excluding carboxylic acids is 1. The molecule has 1 fully saturated rings. The lowest BCUT2D eigenvalue weighted by molar-refractivity contribution is -0.914. The lowest BCUT2D eigenvalue weighted by Gasteiger charge is -2.34. The number of piperazine rings is 1. The van der Waals surface area contributed by atoms with Gasteiger partial charge in [0.1, 0.15) is 6.04 Å². The molecule has 0 aromatic heterocycles. The SMILES string of the molecule is C[NH+]1CCN(C(=O)C[C@H]2c3ccccc3CC[NH+]2C)CC1. The second kappa shape index (κ2) is 6.16. The summed E-state index contributed by atoms with van der Waals surface area (Å²) in [4.78, 5) is 17.7. The molecule has 2 atom stereocenters. The zero-order valence-electron chi connectivity index (χ0n) is 13.2. The van der Waals surface area contributed by atoms with Gasteiger partial charge < -0.3 is 14.7 Å².